The minimum atomic E-state index is -1.94. The fourth-order valence-corrected chi connectivity index (χ4v) is 5.50. The van der Waals surface area contributed by atoms with Gasteiger partial charge >= 0.3 is 11.9 Å². The van der Waals surface area contributed by atoms with E-state index in [-0.39, 0.29) is 5.78 Å². The number of carbonyl (C=O) groups is 3. The van der Waals surface area contributed by atoms with Crippen LogP contribution in [0.2, 0.25) is 0 Å². The van der Waals surface area contributed by atoms with Gasteiger partial charge in [0.1, 0.15) is 17.9 Å². The third-order valence-electron chi connectivity index (χ3n) is 7.00. The Bertz CT molecular complexity index is 1240. The van der Waals surface area contributed by atoms with Gasteiger partial charge in [-0.3, -0.25) is 19.4 Å². The second-order valence-electron chi connectivity index (χ2n) is 10.8. The van der Waals surface area contributed by atoms with Crippen molar-refractivity contribution in [1.29, 1.82) is 0 Å². The van der Waals surface area contributed by atoms with E-state index in [0.29, 0.717) is 11.1 Å². The van der Waals surface area contributed by atoms with Crippen LogP contribution in [0.1, 0.15) is 63.3 Å². The maximum Gasteiger partial charge on any atom is 0.330 e. The minimum absolute atomic E-state index is 0.212. The van der Waals surface area contributed by atoms with Crippen LogP contribution < -0.4 is 0 Å². The van der Waals surface area contributed by atoms with E-state index in [1.54, 1.807) is 38.1 Å². The average Bonchev–Trinajstić information content (AvgIpc) is 3.09. The number of ketones is 1. The zero-order valence-corrected chi connectivity index (χ0v) is 20.2. The third-order valence-corrected chi connectivity index (χ3v) is 7.00. The molecule has 0 amide bonds. The zero-order valence-electron chi connectivity index (χ0n) is 20.2. The van der Waals surface area contributed by atoms with E-state index < -0.39 is 52.4 Å². The molecule has 3 aliphatic heterocycles. The van der Waals surface area contributed by atoms with Gasteiger partial charge in [-0.05, 0) is 28.8 Å². The van der Waals surface area contributed by atoms with E-state index in [1.165, 1.54) is 38.1 Å². The fraction of sp³-hybridized carbons (Fsp3) is 0.407. The van der Waals surface area contributed by atoms with Gasteiger partial charge in [0.25, 0.3) is 5.79 Å². The Labute approximate surface area is 202 Å². The SMILES string of the molecule is CC1(C)OC(=O)C2(C(=O)O1)C(c1ccc(F)cc1)C(C(=O)C(C)(C)C)N1N=Cc3ccccc3C12. The quantitative estimate of drug-likeness (QED) is 0.477. The minimum Gasteiger partial charge on any atom is -0.422 e. The highest BCUT2D eigenvalue weighted by Gasteiger charge is 2.75. The van der Waals surface area contributed by atoms with Crippen molar-refractivity contribution in [2.24, 2.45) is 15.9 Å². The largest absolute Gasteiger partial charge is 0.422 e. The number of Topliss-reactive ketones (excluding diaryl/α,β-unsaturated/α-hetero) is 1. The molecule has 3 heterocycles. The van der Waals surface area contributed by atoms with E-state index in [0.717, 1.165) is 5.56 Å². The van der Waals surface area contributed by atoms with Gasteiger partial charge in [0.05, 0.1) is 6.21 Å². The molecule has 3 aliphatic rings. The normalized spacial score (nSPS) is 26.1. The highest BCUT2D eigenvalue weighted by Crippen LogP contribution is 2.63. The number of nitrogens with zero attached hydrogens (tertiary/aromatic N) is 2. The highest BCUT2D eigenvalue weighted by atomic mass is 19.1. The van der Waals surface area contributed by atoms with Crippen LogP contribution in [0.5, 0.6) is 0 Å². The lowest BCUT2D eigenvalue weighted by molar-refractivity contribution is -0.254. The number of hydrogen-bond donors (Lipinski definition) is 0. The maximum atomic E-state index is 14.0. The van der Waals surface area contributed by atoms with E-state index >= 15 is 0 Å². The monoisotopic (exact) mass is 478 g/mol. The summed E-state index contributed by atoms with van der Waals surface area (Å²) in [4.78, 5) is 41.9. The summed E-state index contributed by atoms with van der Waals surface area (Å²) in [6, 6.07) is 10.8. The molecule has 3 atom stereocenters. The number of benzene rings is 2. The molecule has 0 bridgehead atoms. The van der Waals surface area contributed by atoms with Crippen molar-refractivity contribution < 1.29 is 28.2 Å². The van der Waals surface area contributed by atoms with Crippen LogP contribution in [0.25, 0.3) is 0 Å². The first kappa shape index (κ1) is 23.2. The summed E-state index contributed by atoms with van der Waals surface area (Å²) in [6.07, 6.45) is 1.62. The van der Waals surface area contributed by atoms with Gasteiger partial charge < -0.3 is 9.47 Å². The van der Waals surface area contributed by atoms with E-state index in [4.69, 9.17) is 9.47 Å². The fourth-order valence-electron chi connectivity index (χ4n) is 5.50. The smallest absolute Gasteiger partial charge is 0.330 e. The predicted molar refractivity (Wildman–Crippen MR) is 125 cm³/mol. The number of hydrazone groups is 1. The Kier molecular flexibility index (Phi) is 4.95. The van der Waals surface area contributed by atoms with Gasteiger partial charge in [-0.2, -0.15) is 5.10 Å². The number of carbonyl (C=O) groups excluding carboxylic acids is 3. The lowest BCUT2D eigenvalue weighted by Gasteiger charge is -2.44. The third kappa shape index (κ3) is 3.30. The lowest BCUT2D eigenvalue weighted by atomic mass is 9.64. The standard InChI is InChI=1S/C27H27FN2O5/c1-25(2,3)22(31)20-19(15-10-12-17(28)13-11-15)27(23(32)34-26(4,5)35-24(27)33)21-18-9-7-6-8-16(18)14-29-30(20)21/h6-14,19-21H,1-5H3. The first-order valence-electron chi connectivity index (χ1n) is 11.6. The molecule has 5 rings (SSSR count). The van der Waals surface area contributed by atoms with E-state index in [9.17, 15) is 18.8 Å². The van der Waals surface area contributed by atoms with Gasteiger partial charge in [-0.15, -0.1) is 0 Å². The Hall–Kier alpha value is -3.55. The molecule has 0 saturated carbocycles. The van der Waals surface area contributed by atoms with Crippen LogP contribution in [-0.2, 0) is 23.9 Å². The summed E-state index contributed by atoms with van der Waals surface area (Å²) in [5.41, 5.74) is -0.933. The summed E-state index contributed by atoms with van der Waals surface area (Å²) in [6.45, 7) is 8.30. The molecule has 0 aliphatic carbocycles. The van der Waals surface area contributed by atoms with Gasteiger partial charge in [0, 0.05) is 25.2 Å². The summed E-state index contributed by atoms with van der Waals surface area (Å²) < 4.78 is 25.3. The number of ether oxygens (including phenoxy) is 2. The summed E-state index contributed by atoms with van der Waals surface area (Å²) in [5.74, 6) is -4.77. The average molecular weight is 479 g/mol. The van der Waals surface area contributed by atoms with Gasteiger partial charge in [0.15, 0.2) is 5.78 Å². The van der Waals surface area contributed by atoms with Crippen LogP contribution in [0.15, 0.2) is 53.6 Å². The molecule has 2 aromatic rings. The molecule has 2 fully saturated rings. The van der Waals surface area contributed by atoms with E-state index in [2.05, 4.69) is 5.10 Å². The number of fused-ring (bicyclic) bond motifs is 4. The Morgan fingerprint density at radius 2 is 1.60 bits per heavy atom. The second-order valence-corrected chi connectivity index (χ2v) is 10.8. The van der Waals surface area contributed by atoms with Crippen LogP contribution in [0.4, 0.5) is 4.39 Å². The van der Waals surface area contributed by atoms with Crippen LogP contribution in [0, 0.1) is 16.6 Å². The second kappa shape index (κ2) is 7.47. The topological polar surface area (TPSA) is 85.3 Å². The van der Waals surface area contributed by atoms with Crippen molar-refractivity contribution in [1.82, 2.24) is 5.01 Å². The van der Waals surface area contributed by atoms with Gasteiger partial charge in [-0.1, -0.05) is 57.2 Å². The molecule has 0 radical (unpaired) electrons. The van der Waals surface area contributed by atoms with Crippen molar-refractivity contribution in [3.05, 3.63) is 71.0 Å². The van der Waals surface area contributed by atoms with Crippen molar-refractivity contribution in [3.63, 3.8) is 0 Å². The maximum absolute atomic E-state index is 14.0. The van der Waals surface area contributed by atoms with Crippen LogP contribution >= 0.6 is 0 Å². The molecular formula is C27H27FN2O5. The highest BCUT2D eigenvalue weighted by molar-refractivity contribution is 6.07. The predicted octanol–water partition coefficient (Wildman–Crippen LogP) is 4.12. The zero-order chi connectivity index (χ0) is 25.3. The first-order valence-corrected chi connectivity index (χ1v) is 11.6. The van der Waals surface area contributed by atoms with Crippen LogP contribution in [0.3, 0.4) is 0 Å². The molecule has 0 aromatic heterocycles. The number of esters is 2. The molecule has 35 heavy (non-hydrogen) atoms. The molecule has 0 N–H and O–H groups in total. The Morgan fingerprint density at radius 3 is 2.20 bits per heavy atom. The number of halogens is 1. The Balaban J connectivity index is 1.85. The summed E-state index contributed by atoms with van der Waals surface area (Å²) in [7, 11) is 0. The van der Waals surface area contributed by atoms with Crippen molar-refractivity contribution in [2.45, 2.75) is 58.4 Å². The first-order chi connectivity index (χ1) is 16.4. The molecule has 8 heteroatoms. The molecule has 7 nitrogen and oxygen atoms in total. The number of cyclic esters (lactones) is 2. The Morgan fingerprint density at radius 1 is 1.00 bits per heavy atom. The summed E-state index contributed by atoms with van der Waals surface area (Å²) >= 11 is 0. The van der Waals surface area contributed by atoms with Gasteiger partial charge in [-0.25, -0.2) is 4.39 Å². The molecule has 3 unspecified atom stereocenters. The van der Waals surface area contributed by atoms with Crippen molar-refractivity contribution >= 4 is 23.9 Å². The number of hydrogen-bond acceptors (Lipinski definition) is 7. The van der Waals surface area contributed by atoms with Crippen molar-refractivity contribution in [2.75, 3.05) is 0 Å². The molecule has 2 saturated heterocycles. The van der Waals surface area contributed by atoms with E-state index in [1.807, 2.05) is 18.2 Å². The molecule has 2 aromatic carbocycles. The lowest BCUT2D eigenvalue weighted by Crippen LogP contribution is -2.58. The molecular weight excluding hydrogens is 451 g/mol. The summed E-state index contributed by atoms with van der Waals surface area (Å²) in [5, 5.41) is 6.14. The van der Waals surface area contributed by atoms with Gasteiger partial charge in [0.2, 0.25) is 5.41 Å². The van der Waals surface area contributed by atoms with Crippen LogP contribution in [-0.4, -0.2) is 40.8 Å². The molecule has 182 valence electrons. The number of rotatable bonds is 2. The van der Waals surface area contributed by atoms with Crippen molar-refractivity contribution in [3.8, 4) is 0 Å². The molecule has 1 spiro atoms.